The highest BCUT2D eigenvalue weighted by Crippen LogP contribution is 2.41. The predicted molar refractivity (Wildman–Crippen MR) is 129 cm³/mol. The molecular formula is C27H25ClO6. The lowest BCUT2D eigenvalue weighted by atomic mass is 9.93. The summed E-state index contributed by atoms with van der Waals surface area (Å²) in [4.78, 5) is 24.1. The highest BCUT2D eigenvalue weighted by molar-refractivity contribution is 6.32. The fourth-order valence-corrected chi connectivity index (χ4v) is 4.20. The summed E-state index contributed by atoms with van der Waals surface area (Å²) in [6, 6.07) is 17.9. The van der Waals surface area contributed by atoms with E-state index < -0.39 is 11.9 Å². The molecule has 3 aromatic rings. The van der Waals surface area contributed by atoms with Gasteiger partial charge in [0.15, 0.2) is 5.78 Å². The second-order valence-corrected chi connectivity index (χ2v) is 8.51. The number of carbonyl (C=O) groups is 2. The highest BCUT2D eigenvalue weighted by Gasteiger charge is 2.29. The first-order valence-electron chi connectivity index (χ1n) is 11.1. The number of benzene rings is 3. The minimum Gasteiger partial charge on any atom is -0.497 e. The number of halogens is 1. The topological polar surface area (TPSA) is 82.1 Å². The third-order valence-corrected chi connectivity index (χ3v) is 6.10. The normalized spacial score (nSPS) is 14.6. The van der Waals surface area contributed by atoms with Crippen LogP contribution >= 0.6 is 11.6 Å². The maximum atomic E-state index is 12.6. The maximum Gasteiger partial charge on any atom is 0.311 e. The van der Waals surface area contributed by atoms with Crippen molar-refractivity contribution in [1.29, 1.82) is 0 Å². The van der Waals surface area contributed by atoms with Crippen molar-refractivity contribution < 1.29 is 28.9 Å². The van der Waals surface area contributed by atoms with Crippen LogP contribution in [-0.4, -0.2) is 30.6 Å². The molecule has 176 valence electrons. The molecule has 1 aliphatic heterocycles. The minimum atomic E-state index is -0.905. The molecule has 6 nitrogen and oxygen atoms in total. The second kappa shape index (κ2) is 10.6. The first-order valence-corrected chi connectivity index (χ1v) is 11.5. The molecule has 7 heteroatoms. The first kappa shape index (κ1) is 23.6. The van der Waals surface area contributed by atoms with Crippen LogP contribution in [0.5, 0.6) is 23.0 Å². The number of ether oxygens (including phenoxy) is 3. The fraction of sp³-hybridized carbons (Fsp3) is 0.259. The Morgan fingerprint density at radius 2 is 1.88 bits per heavy atom. The molecule has 0 aromatic heterocycles. The van der Waals surface area contributed by atoms with Crippen LogP contribution in [0.3, 0.4) is 0 Å². The van der Waals surface area contributed by atoms with Crippen LogP contribution in [-0.2, 0) is 11.2 Å². The number of aliphatic carboxylic acids is 1. The molecule has 0 amide bonds. The Balaban J connectivity index is 1.37. The van der Waals surface area contributed by atoms with Crippen LogP contribution in [0.1, 0.15) is 46.7 Å². The molecule has 0 spiro atoms. The summed E-state index contributed by atoms with van der Waals surface area (Å²) in [6.45, 7) is 0.319. The van der Waals surface area contributed by atoms with Crippen molar-refractivity contribution in [2.45, 2.75) is 31.6 Å². The van der Waals surface area contributed by atoms with Crippen LogP contribution in [0, 0.1) is 0 Å². The molecule has 0 saturated heterocycles. The van der Waals surface area contributed by atoms with E-state index in [0.29, 0.717) is 52.8 Å². The van der Waals surface area contributed by atoms with Gasteiger partial charge in [-0.25, -0.2) is 0 Å². The number of carboxylic acid groups (broad SMARTS) is 1. The van der Waals surface area contributed by atoms with Crippen LogP contribution in [0.2, 0.25) is 5.02 Å². The van der Waals surface area contributed by atoms with Gasteiger partial charge in [0.05, 0.1) is 24.7 Å². The standard InChI is InChI=1S/C27H25ClO6/c1-32-20-6-2-4-17(14-20)5-3-7-24(29)18-8-10-19(11-9-18)34-26-16-25-22(15-23(26)28)21(27(30)31)12-13-33-25/h2,4,6,8-11,14-16,21H,3,5,7,12-13H2,1H3,(H,30,31). The largest absolute Gasteiger partial charge is 0.497 e. The summed E-state index contributed by atoms with van der Waals surface area (Å²) in [6.07, 6.45) is 2.38. The zero-order valence-electron chi connectivity index (χ0n) is 18.8. The smallest absolute Gasteiger partial charge is 0.311 e. The number of Topliss-reactive ketones (excluding diaryl/α,β-unsaturated/α-hetero) is 1. The van der Waals surface area contributed by atoms with Gasteiger partial charge in [-0.15, -0.1) is 0 Å². The van der Waals surface area contributed by atoms with Crippen LogP contribution in [0.25, 0.3) is 0 Å². The van der Waals surface area contributed by atoms with Gasteiger partial charge in [0.1, 0.15) is 23.0 Å². The third-order valence-electron chi connectivity index (χ3n) is 5.81. The maximum absolute atomic E-state index is 12.6. The Bertz CT molecular complexity index is 1190. The van der Waals surface area contributed by atoms with Gasteiger partial charge < -0.3 is 19.3 Å². The SMILES string of the molecule is COc1cccc(CCCC(=O)c2ccc(Oc3cc4c(cc3Cl)C(C(=O)O)CCO4)cc2)c1. The molecule has 34 heavy (non-hydrogen) atoms. The lowest BCUT2D eigenvalue weighted by Gasteiger charge is -2.24. The highest BCUT2D eigenvalue weighted by atomic mass is 35.5. The van der Waals surface area contributed by atoms with E-state index >= 15 is 0 Å². The van der Waals surface area contributed by atoms with Gasteiger partial charge in [-0.05, 0) is 67.3 Å². The number of rotatable bonds is 9. The van der Waals surface area contributed by atoms with Gasteiger partial charge in [0, 0.05) is 23.6 Å². The average molecular weight is 481 g/mol. The molecule has 0 bridgehead atoms. The summed E-state index contributed by atoms with van der Waals surface area (Å²) in [5.74, 6) is 0.661. The van der Waals surface area contributed by atoms with Crippen LogP contribution < -0.4 is 14.2 Å². The third kappa shape index (κ3) is 5.51. The molecule has 0 saturated carbocycles. The number of methoxy groups -OCH3 is 1. The number of carbonyl (C=O) groups excluding carboxylic acids is 1. The van der Waals surface area contributed by atoms with Crippen molar-refractivity contribution in [3.05, 3.63) is 82.4 Å². The van der Waals surface area contributed by atoms with Gasteiger partial charge >= 0.3 is 5.97 Å². The number of carboxylic acids is 1. The molecule has 1 aliphatic rings. The van der Waals surface area contributed by atoms with Crippen molar-refractivity contribution in [2.75, 3.05) is 13.7 Å². The van der Waals surface area contributed by atoms with E-state index in [2.05, 4.69) is 0 Å². The van der Waals surface area contributed by atoms with Gasteiger partial charge in [-0.3, -0.25) is 9.59 Å². The van der Waals surface area contributed by atoms with E-state index in [-0.39, 0.29) is 5.78 Å². The zero-order chi connectivity index (χ0) is 24.1. The van der Waals surface area contributed by atoms with E-state index in [1.165, 1.54) is 0 Å². The van der Waals surface area contributed by atoms with Gasteiger partial charge in [-0.2, -0.15) is 0 Å². The Hall–Kier alpha value is -3.51. The van der Waals surface area contributed by atoms with Gasteiger partial charge in [0.25, 0.3) is 0 Å². The molecular weight excluding hydrogens is 456 g/mol. The van der Waals surface area contributed by atoms with E-state index in [1.807, 2.05) is 24.3 Å². The molecule has 1 unspecified atom stereocenters. The van der Waals surface area contributed by atoms with Crippen LogP contribution in [0.4, 0.5) is 0 Å². The molecule has 1 heterocycles. The van der Waals surface area contributed by atoms with Crippen molar-refractivity contribution >= 4 is 23.4 Å². The summed E-state index contributed by atoms with van der Waals surface area (Å²) < 4.78 is 16.7. The average Bonchev–Trinajstić information content (AvgIpc) is 2.84. The van der Waals surface area contributed by atoms with Gasteiger partial charge in [-0.1, -0.05) is 23.7 Å². The Labute approximate surface area is 203 Å². The monoisotopic (exact) mass is 480 g/mol. The van der Waals surface area contributed by atoms with Crippen molar-refractivity contribution in [3.8, 4) is 23.0 Å². The molecule has 1 atom stereocenters. The number of hydrogen-bond donors (Lipinski definition) is 1. The molecule has 0 fully saturated rings. The fourth-order valence-electron chi connectivity index (χ4n) is 3.99. The molecule has 3 aromatic carbocycles. The summed E-state index contributed by atoms with van der Waals surface area (Å²) >= 11 is 6.35. The number of hydrogen-bond acceptors (Lipinski definition) is 5. The number of fused-ring (bicyclic) bond motifs is 1. The Morgan fingerprint density at radius 1 is 1.09 bits per heavy atom. The second-order valence-electron chi connectivity index (χ2n) is 8.10. The molecule has 4 rings (SSSR count). The van der Waals surface area contributed by atoms with E-state index in [1.54, 1.807) is 43.5 Å². The molecule has 0 radical (unpaired) electrons. The molecule has 0 aliphatic carbocycles. The van der Waals surface area contributed by atoms with E-state index in [4.69, 9.17) is 25.8 Å². The van der Waals surface area contributed by atoms with Gasteiger partial charge in [0.2, 0.25) is 0 Å². The number of ketones is 1. The Kier molecular flexibility index (Phi) is 7.38. The zero-order valence-corrected chi connectivity index (χ0v) is 19.5. The Morgan fingerprint density at radius 3 is 2.62 bits per heavy atom. The van der Waals surface area contributed by atoms with Crippen molar-refractivity contribution in [3.63, 3.8) is 0 Å². The van der Waals surface area contributed by atoms with E-state index in [9.17, 15) is 14.7 Å². The van der Waals surface area contributed by atoms with E-state index in [0.717, 1.165) is 24.2 Å². The molecule has 1 N–H and O–H groups in total. The number of aryl methyl sites for hydroxylation is 1. The first-order chi connectivity index (χ1) is 16.4. The lowest BCUT2D eigenvalue weighted by Crippen LogP contribution is -2.20. The summed E-state index contributed by atoms with van der Waals surface area (Å²) in [5.41, 5.74) is 2.30. The lowest BCUT2D eigenvalue weighted by molar-refractivity contribution is -0.139. The summed E-state index contributed by atoms with van der Waals surface area (Å²) in [5, 5.41) is 9.72. The quantitative estimate of drug-likeness (QED) is 0.362. The van der Waals surface area contributed by atoms with Crippen molar-refractivity contribution in [1.82, 2.24) is 0 Å². The predicted octanol–water partition coefficient (Wildman–Crippen LogP) is 6.30. The van der Waals surface area contributed by atoms with Crippen molar-refractivity contribution in [2.24, 2.45) is 0 Å². The minimum absolute atomic E-state index is 0.0642. The summed E-state index contributed by atoms with van der Waals surface area (Å²) in [7, 11) is 1.64. The van der Waals surface area contributed by atoms with Crippen LogP contribution in [0.15, 0.2) is 60.7 Å².